The van der Waals surface area contributed by atoms with Gasteiger partial charge in [-0.05, 0) is 49.9 Å². The molecule has 0 spiro atoms. The van der Waals surface area contributed by atoms with Crippen LogP contribution in [-0.4, -0.2) is 39.0 Å². The van der Waals surface area contributed by atoms with Gasteiger partial charge in [0.25, 0.3) is 0 Å². The maximum absolute atomic E-state index is 12.7. The maximum Gasteiger partial charge on any atom is 0.245 e. The lowest BCUT2D eigenvalue weighted by Crippen LogP contribution is -2.43. The number of ether oxygens (including phenoxy) is 1. The molecule has 0 aliphatic carbocycles. The first-order valence-electron chi connectivity index (χ1n) is 6.76. The van der Waals surface area contributed by atoms with Crippen LogP contribution in [0.15, 0.2) is 17.0 Å². The molecule has 1 unspecified atom stereocenters. The summed E-state index contributed by atoms with van der Waals surface area (Å²) in [6.45, 7) is 4.73. The van der Waals surface area contributed by atoms with Crippen molar-refractivity contribution in [2.24, 2.45) is 0 Å². The quantitative estimate of drug-likeness (QED) is 0.862. The number of nitrogen functional groups attached to an aromatic ring is 1. The summed E-state index contributed by atoms with van der Waals surface area (Å²) in [6, 6.07) is 3.39. The number of piperidine rings is 1. The zero-order valence-electron chi connectivity index (χ0n) is 12.2. The predicted octanol–water partition coefficient (Wildman–Crippen LogP) is 1.69. The van der Waals surface area contributed by atoms with E-state index in [1.807, 2.05) is 13.8 Å². The molecule has 0 aromatic heterocycles. The van der Waals surface area contributed by atoms with Gasteiger partial charge in [0.05, 0.1) is 11.8 Å². The highest BCUT2D eigenvalue weighted by Crippen LogP contribution is 2.28. The van der Waals surface area contributed by atoms with Gasteiger partial charge in [-0.15, -0.1) is 0 Å². The van der Waals surface area contributed by atoms with E-state index in [-0.39, 0.29) is 11.0 Å². The summed E-state index contributed by atoms with van der Waals surface area (Å²) in [6.07, 6.45) is 1.67. The second kappa shape index (κ2) is 5.71. The van der Waals surface area contributed by atoms with Crippen molar-refractivity contribution in [1.29, 1.82) is 0 Å². The van der Waals surface area contributed by atoms with Gasteiger partial charge >= 0.3 is 0 Å². The van der Waals surface area contributed by atoms with Gasteiger partial charge in [-0.25, -0.2) is 8.42 Å². The third-order valence-corrected chi connectivity index (χ3v) is 5.84. The summed E-state index contributed by atoms with van der Waals surface area (Å²) < 4.78 is 32.2. The van der Waals surface area contributed by atoms with Crippen molar-refractivity contribution < 1.29 is 13.2 Å². The summed E-state index contributed by atoms with van der Waals surface area (Å²) in [7, 11) is -1.93. The molecule has 0 radical (unpaired) electrons. The molecule has 2 N–H and O–H groups in total. The van der Waals surface area contributed by atoms with Crippen LogP contribution in [0.1, 0.15) is 24.0 Å². The van der Waals surface area contributed by atoms with E-state index in [1.54, 1.807) is 19.2 Å². The molecule has 1 aliphatic heterocycles. The highest BCUT2D eigenvalue weighted by molar-refractivity contribution is 7.89. The SMILES string of the molecule is COC1CCCN(S(=O)(=O)c2cc(C)c(C)cc2N)C1. The fourth-order valence-corrected chi connectivity index (χ4v) is 4.18. The predicted molar refractivity (Wildman–Crippen MR) is 79.1 cm³/mol. The van der Waals surface area contributed by atoms with E-state index in [4.69, 9.17) is 10.5 Å². The van der Waals surface area contributed by atoms with Crippen LogP contribution in [0, 0.1) is 13.8 Å². The van der Waals surface area contributed by atoms with Crippen molar-refractivity contribution in [2.45, 2.75) is 37.7 Å². The largest absolute Gasteiger partial charge is 0.398 e. The summed E-state index contributed by atoms with van der Waals surface area (Å²) in [5, 5.41) is 0. The molecule has 1 aromatic carbocycles. The molecule has 112 valence electrons. The molecular weight excluding hydrogens is 276 g/mol. The standard InChI is InChI=1S/C14H22N2O3S/c1-10-7-13(15)14(8-11(10)2)20(17,18)16-6-4-5-12(9-16)19-3/h7-8,12H,4-6,9,15H2,1-3H3. The van der Waals surface area contributed by atoms with Crippen molar-refractivity contribution in [3.8, 4) is 0 Å². The minimum absolute atomic E-state index is 0.0358. The Hall–Kier alpha value is -1.11. The fourth-order valence-electron chi connectivity index (χ4n) is 2.49. The van der Waals surface area contributed by atoms with E-state index in [9.17, 15) is 8.42 Å². The van der Waals surface area contributed by atoms with Gasteiger partial charge in [0.15, 0.2) is 0 Å². The van der Waals surface area contributed by atoms with Gasteiger partial charge < -0.3 is 10.5 Å². The fraction of sp³-hybridized carbons (Fsp3) is 0.571. The number of hydrogen-bond acceptors (Lipinski definition) is 4. The molecule has 20 heavy (non-hydrogen) atoms. The van der Waals surface area contributed by atoms with Crippen molar-refractivity contribution >= 4 is 15.7 Å². The van der Waals surface area contributed by atoms with Crippen LogP contribution in [0.4, 0.5) is 5.69 Å². The molecule has 0 amide bonds. The van der Waals surface area contributed by atoms with Crippen molar-refractivity contribution in [1.82, 2.24) is 4.31 Å². The normalized spacial score (nSPS) is 21.1. The van der Waals surface area contributed by atoms with Crippen molar-refractivity contribution in [3.05, 3.63) is 23.3 Å². The number of anilines is 1. The minimum Gasteiger partial charge on any atom is -0.398 e. The lowest BCUT2D eigenvalue weighted by molar-refractivity contribution is 0.0572. The molecule has 1 aliphatic rings. The Labute approximate surface area is 120 Å². The third kappa shape index (κ3) is 2.82. The van der Waals surface area contributed by atoms with E-state index < -0.39 is 10.0 Å². The number of nitrogens with two attached hydrogens (primary N) is 1. The molecule has 1 heterocycles. The first-order valence-corrected chi connectivity index (χ1v) is 8.20. The summed E-state index contributed by atoms with van der Waals surface area (Å²) in [5.41, 5.74) is 8.15. The van der Waals surface area contributed by atoms with Crippen LogP contribution in [0.2, 0.25) is 0 Å². The van der Waals surface area contributed by atoms with Crippen molar-refractivity contribution in [2.75, 3.05) is 25.9 Å². The Kier molecular flexibility index (Phi) is 4.36. The Morgan fingerprint density at radius 2 is 1.95 bits per heavy atom. The van der Waals surface area contributed by atoms with Crippen molar-refractivity contribution in [3.63, 3.8) is 0 Å². The lowest BCUT2D eigenvalue weighted by atomic mass is 10.1. The van der Waals surface area contributed by atoms with Crippen LogP contribution in [-0.2, 0) is 14.8 Å². The average Bonchev–Trinajstić information content (AvgIpc) is 2.42. The van der Waals surface area contributed by atoms with E-state index in [1.165, 1.54) is 4.31 Å². The Balaban J connectivity index is 2.37. The number of nitrogens with zero attached hydrogens (tertiary/aromatic N) is 1. The zero-order chi connectivity index (χ0) is 14.9. The molecule has 5 nitrogen and oxygen atoms in total. The molecule has 1 fully saturated rings. The van der Waals surface area contributed by atoms with Crippen LogP contribution in [0.5, 0.6) is 0 Å². The Morgan fingerprint density at radius 1 is 1.30 bits per heavy atom. The monoisotopic (exact) mass is 298 g/mol. The summed E-state index contributed by atoms with van der Waals surface area (Å²) in [5.74, 6) is 0. The van der Waals surface area contributed by atoms with Gasteiger partial charge in [0.2, 0.25) is 10.0 Å². The number of methoxy groups -OCH3 is 1. The second-order valence-corrected chi connectivity index (χ2v) is 7.24. The van der Waals surface area contributed by atoms with Gasteiger partial charge in [-0.3, -0.25) is 0 Å². The highest BCUT2D eigenvalue weighted by atomic mass is 32.2. The van der Waals surface area contributed by atoms with Crippen LogP contribution in [0.3, 0.4) is 0 Å². The minimum atomic E-state index is -3.55. The van der Waals surface area contributed by atoms with Gasteiger partial charge in [0, 0.05) is 20.2 Å². The third-order valence-electron chi connectivity index (χ3n) is 3.92. The highest BCUT2D eigenvalue weighted by Gasteiger charge is 2.31. The Morgan fingerprint density at radius 3 is 2.60 bits per heavy atom. The van der Waals surface area contributed by atoms with Crippen LogP contribution >= 0.6 is 0 Å². The summed E-state index contributed by atoms with van der Waals surface area (Å²) >= 11 is 0. The van der Waals surface area contributed by atoms with Crippen LogP contribution < -0.4 is 5.73 Å². The number of sulfonamides is 1. The number of rotatable bonds is 3. The molecule has 1 aromatic rings. The molecule has 1 atom stereocenters. The lowest BCUT2D eigenvalue weighted by Gasteiger charge is -2.31. The Bertz CT molecular complexity index is 599. The molecule has 1 saturated heterocycles. The maximum atomic E-state index is 12.7. The molecule has 0 saturated carbocycles. The van der Waals surface area contributed by atoms with E-state index in [2.05, 4.69) is 0 Å². The second-order valence-electron chi connectivity index (χ2n) is 5.34. The summed E-state index contributed by atoms with van der Waals surface area (Å²) in [4.78, 5) is 0.206. The zero-order valence-corrected chi connectivity index (χ0v) is 13.0. The van der Waals surface area contributed by atoms with E-state index in [0.717, 1.165) is 24.0 Å². The first kappa shape index (κ1) is 15.3. The molecule has 0 bridgehead atoms. The van der Waals surface area contributed by atoms with Gasteiger partial charge in [0.1, 0.15) is 4.90 Å². The van der Waals surface area contributed by atoms with Crippen LogP contribution in [0.25, 0.3) is 0 Å². The van der Waals surface area contributed by atoms with Gasteiger partial charge in [-0.2, -0.15) is 4.31 Å². The molecular formula is C14H22N2O3S. The molecule has 2 rings (SSSR count). The number of aryl methyl sites for hydroxylation is 2. The van der Waals surface area contributed by atoms with E-state index in [0.29, 0.717) is 18.8 Å². The first-order chi connectivity index (χ1) is 9.36. The molecule has 6 heteroatoms. The number of benzene rings is 1. The average molecular weight is 298 g/mol. The smallest absolute Gasteiger partial charge is 0.245 e. The number of hydrogen-bond donors (Lipinski definition) is 1. The van der Waals surface area contributed by atoms with Gasteiger partial charge in [-0.1, -0.05) is 0 Å². The van der Waals surface area contributed by atoms with E-state index >= 15 is 0 Å². The topological polar surface area (TPSA) is 72.6 Å².